The van der Waals surface area contributed by atoms with Gasteiger partial charge < -0.3 is 0 Å². The fraction of sp³-hybridized carbons (Fsp3) is 0. The zero-order valence-electron chi connectivity index (χ0n) is 10.1. The van der Waals surface area contributed by atoms with Crippen LogP contribution in [0.15, 0.2) is 43.7 Å². The fourth-order valence-electron chi connectivity index (χ4n) is 1.54. The predicted octanol–water partition coefficient (Wildman–Crippen LogP) is 4.04. The van der Waals surface area contributed by atoms with Crippen molar-refractivity contribution >= 4 is 69.2 Å². The van der Waals surface area contributed by atoms with Crippen LogP contribution in [0.2, 0.25) is 0 Å². The Kier molecular flexibility index (Phi) is 4.11. The summed E-state index contributed by atoms with van der Waals surface area (Å²) in [5, 5.41) is 13.3. The first kappa shape index (κ1) is 13.7. The molecule has 1 saturated heterocycles. The van der Waals surface area contributed by atoms with Crippen LogP contribution in [-0.4, -0.2) is 21.5 Å². The molecule has 100 valence electrons. The third-order valence-electron chi connectivity index (χ3n) is 2.48. The van der Waals surface area contributed by atoms with Crippen molar-refractivity contribution < 1.29 is 4.79 Å². The van der Waals surface area contributed by atoms with Crippen molar-refractivity contribution in [2.24, 2.45) is 5.10 Å². The summed E-state index contributed by atoms with van der Waals surface area (Å²) in [4.78, 5) is 12.9. The van der Waals surface area contributed by atoms with Crippen molar-refractivity contribution in [1.29, 1.82) is 0 Å². The third-order valence-corrected chi connectivity index (χ3v) is 5.17. The summed E-state index contributed by atoms with van der Waals surface area (Å²) in [7, 11) is 0. The second-order valence-corrected chi connectivity index (χ2v) is 7.09. The van der Waals surface area contributed by atoms with Gasteiger partial charge in [0.25, 0.3) is 5.91 Å². The van der Waals surface area contributed by atoms with Crippen LogP contribution in [0.25, 0.3) is 6.08 Å². The molecule has 0 N–H and O–H groups in total. The number of hydrogen-bond acceptors (Lipinski definition) is 6. The van der Waals surface area contributed by atoms with E-state index in [4.69, 9.17) is 12.2 Å². The molecule has 0 atom stereocenters. The van der Waals surface area contributed by atoms with E-state index >= 15 is 0 Å². The number of carbonyl (C=O) groups excluding carboxylic acids is 1. The molecule has 0 saturated carbocycles. The quantitative estimate of drug-likeness (QED) is 0.482. The predicted molar refractivity (Wildman–Crippen MR) is 91.2 cm³/mol. The van der Waals surface area contributed by atoms with Gasteiger partial charge in [-0.3, -0.25) is 4.79 Å². The van der Waals surface area contributed by atoms with Gasteiger partial charge in [-0.05, 0) is 57.5 Å². The topological polar surface area (TPSA) is 32.7 Å². The molecule has 3 rings (SSSR count). The maximum absolute atomic E-state index is 12.2. The third kappa shape index (κ3) is 2.90. The van der Waals surface area contributed by atoms with Gasteiger partial charge in [-0.15, -0.1) is 0 Å². The molecule has 3 heterocycles. The normalized spacial score (nSPS) is 17.8. The Balaban J connectivity index is 1.80. The van der Waals surface area contributed by atoms with Crippen LogP contribution in [0.3, 0.4) is 0 Å². The lowest BCUT2D eigenvalue weighted by Gasteiger charge is -2.05. The largest absolute Gasteiger partial charge is 0.286 e. The van der Waals surface area contributed by atoms with Crippen LogP contribution in [0.1, 0.15) is 11.1 Å². The number of thiophene rings is 2. The van der Waals surface area contributed by atoms with Crippen LogP contribution in [0, 0.1) is 0 Å². The van der Waals surface area contributed by atoms with Crippen LogP contribution in [-0.2, 0) is 4.79 Å². The monoisotopic (exact) mass is 336 g/mol. The Bertz CT molecular complexity index is 686. The summed E-state index contributed by atoms with van der Waals surface area (Å²) < 4.78 is 0.461. The molecule has 0 aliphatic carbocycles. The van der Waals surface area contributed by atoms with E-state index in [1.165, 1.54) is 16.8 Å². The van der Waals surface area contributed by atoms with E-state index in [0.717, 1.165) is 11.1 Å². The second-order valence-electron chi connectivity index (χ2n) is 3.85. The smallest absolute Gasteiger partial charge is 0.266 e. The Labute approximate surface area is 133 Å². The van der Waals surface area contributed by atoms with E-state index in [1.54, 1.807) is 28.9 Å². The van der Waals surface area contributed by atoms with Crippen LogP contribution >= 0.6 is 46.7 Å². The summed E-state index contributed by atoms with van der Waals surface area (Å²) in [5.41, 5.74) is 1.98. The lowest BCUT2D eigenvalue weighted by atomic mass is 10.3. The molecule has 0 aromatic carbocycles. The number of thiocarbonyl (C=S) groups is 1. The SMILES string of the molecule is O=C1C(=Cc2ccsc2)SC(=S)N1N=Cc1ccsc1. The molecule has 0 radical (unpaired) electrons. The highest BCUT2D eigenvalue weighted by atomic mass is 32.2. The van der Waals surface area contributed by atoms with Crippen LogP contribution in [0.5, 0.6) is 0 Å². The van der Waals surface area contributed by atoms with Gasteiger partial charge in [0, 0.05) is 5.56 Å². The van der Waals surface area contributed by atoms with Gasteiger partial charge in [-0.2, -0.15) is 32.8 Å². The Morgan fingerprint density at radius 2 is 1.85 bits per heavy atom. The van der Waals surface area contributed by atoms with Crippen molar-refractivity contribution in [3.05, 3.63) is 49.7 Å². The molecular formula is C13H8N2OS4. The number of thioether (sulfide) groups is 1. The molecule has 2 aromatic heterocycles. The number of hydrazone groups is 1. The maximum Gasteiger partial charge on any atom is 0.286 e. The Morgan fingerprint density at radius 3 is 2.50 bits per heavy atom. The van der Waals surface area contributed by atoms with Crippen molar-refractivity contribution in [2.75, 3.05) is 0 Å². The Hall–Kier alpha value is -1.28. The molecule has 1 aliphatic rings. The van der Waals surface area contributed by atoms with Gasteiger partial charge in [0.15, 0.2) is 4.32 Å². The molecule has 0 unspecified atom stereocenters. The minimum Gasteiger partial charge on any atom is -0.266 e. The first-order valence-corrected chi connectivity index (χ1v) is 8.71. The number of hydrogen-bond donors (Lipinski definition) is 0. The van der Waals surface area contributed by atoms with E-state index in [9.17, 15) is 4.79 Å². The summed E-state index contributed by atoms with van der Waals surface area (Å²) in [6.07, 6.45) is 3.49. The summed E-state index contributed by atoms with van der Waals surface area (Å²) in [5.74, 6) is -0.169. The molecule has 1 fully saturated rings. The molecule has 20 heavy (non-hydrogen) atoms. The maximum atomic E-state index is 12.2. The van der Waals surface area contributed by atoms with Crippen LogP contribution in [0.4, 0.5) is 0 Å². The fourth-order valence-corrected chi connectivity index (χ4v) is 3.94. The van der Waals surface area contributed by atoms with E-state index in [2.05, 4.69) is 5.10 Å². The minimum atomic E-state index is -0.169. The van der Waals surface area contributed by atoms with E-state index in [1.807, 2.05) is 39.7 Å². The average Bonchev–Trinajstić information content (AvgIpc) is 3.13. The Morgan fingerprint density at radius 1 is 1.15 bits per heavy atom. The summed E-state index contributed by atoms with van der Waals surface area (Å²) in [6.45, 7) is 0. The lowest BCUT2D eigenvalue weighted by molar-refractivity contribution is -0.122. The molecule has 7 heteroatoms. The zero-order chi connectivity index (χ0) is 13.9. The van der Waals surface area contributed by atoms with Gasteiger partial charge in [-0.25, -0.2) is 0 Å². The highest BCUT2D eigenvalue weighted by Crippen LogP contribution is 2.33. The molecule has 2 aromatic rings. The van der Waals surface area contributed by atoms with Crippen molar-refractivity contribution in [3.8, 4) is 0 Å². The van der Waals surface area contributed by atoms with Gasteiger partial charge in [0.05, 0.1) is 11.1 Å². The standard InChI is InChI=1S/C13H8N2OS4/c16-12-11(5-9-1-3-18-7-9)20-13(17)15(12)14-6-10-2-4-19-8-10/h1-8H. The van der Waals surface area contributed by atoms with Crippen molar-refractivity contribution in [2.45, 2.75) is 0 Å². The number of carbonyl (C=O) groups is 1. The summed E-state index contributed by atoms with van der Waals surface area (Å²) >= 11 is 9.66. The van der Waals surface area contributed by atoms with Gasteiger partial charge in [0.2, 0.25) is 0 Å². The first-order chi connectivity index (χ1) is 9.74. The molecule has 0 bridgehead atoms. The second kappa shape index (κ2) is 6.01. The number of amides is 1. The summed E-state index contributed by atoms with van der Waals surface area (Å²) in [6, 6.07) is 3.90. The molecular weight excluding hydrogens is 328 g/mol. The van der Waals surface area contributed by atoms with Crippen molar-refractivity contribution in [1.82, 2.24) is 5.01 Å². The minimum absolute atomic E-state index is 0.169. The lowest BCUT2D eigenvalue weighted by Crippen LogP contribution is -2.21. The molecule has 0 spiro atoms. The highest BCUT2D eigenvalue weighted by molar-refractivity contribution is 8.26. The molecule has 1 aliphatic heterocycles. The average molecular weight is 336 g/mol. The van der Waals surface area contributed by atoms with E-state index in [-0.39, 0.29) is 5.91 Å². The van der Waals surface area contributed by atoms with Gasteiger partial charge in [0.1, 0.15) is 0 Å². The van der Waals surface area contributed by atoms with Gasteiger partial charge in [-0.1, -0.05) is 11.8 Å². The molecule has 1 amide bonds. The molecule has 3 nitrogen and oxygen atoms in total. The first-order valence-electron chi connectivity index (χ1n) is 5.60. The number of nitrogens with zero attached hydrogens (tertiary/aromatic N) is 2. The van der Waals surface area contributed by atoms with E-state index < -0.39 is 0 Å². The highest BCUT2D eigenvalue weighted by Gasteiger charge is 2.31. The van der Waals surface area contributed by atoms with Crippen LogP contribution < -0.4 is 0 Å². The van der Waals surface area contributed by atoms with E-state index in [0.29, 0.717) is 9.23 Å². The number of rotatable bonds is 3. The zero-order valence-corrected chi connectivity index (χ0v) is 13.3. The van der Waals surface area contributed by atoms with Gasteiger partial charge >= 0.3 is 0 Å². The van der Waals surface area contributed by atoms with Crippen molar-refractivity contribution in [3.63, 3.8) is 0 Å².